The number of rotatable bonds is 2. The van der Waals surface area contributed by atoms with Gasteiger partial charge in [-0.15, -0.1) is 0 Å². The van der Waals surface area contributed by atoms with Crippen LogP contribution in [-0.4, -0.2) is 53.1 Å². The highest BCUT2D eigenvalue weighted by atomic mass is 16.6. The molecule has 2 amide bonds. The van der Waals surface area contributed by atoms with Gasteiger partial charge in [0.2, 0.25) is 5.91 Å². The van der Waals surface area contributed by atoms with Crippen molar-refractivity contribution < 1.29 is 14.3 Å². The first-order valence-electron chi connectivity index (χ1n) is 9.36. The summed E-state index contributed by atoms with van der Waals surface area (Å²) in [6.45, 7) is 8.73. The maximum absolute atomic E-state index is 12.7. The molecule has 0 spiro atoms. The van der Waals surface area contributed by atoms with Gasteiger partial charge in [0, 0.05) is 19.5 Å². The summed E-state index contributed by atoms with van der Waals surface area (Å²) in [6, 6.07) is 1.60. The molecule has 0 unspecified atom stereocenters. The standard InChI is InChI=1S/C19H31N3O3/c1-14-6-5-7-15(10-14)11-17(23)22-9-8-21(13-16(22)12-20)18(24)25-19(2,3)4/h14-16H,5-11,13H2,1-4H3/t14-,15-,16-/m1/s1. The van der Waals surface area contributed by atoms with E-state index in [-0.39, 0.29) is 12.5 Å². The molecule has 2 aliphatic rings. The van der Waals surface area contributed by atoms with E-state index in [0.717, 1.165) is 12.8 Å². The molecule has 1 saturated carbocycles. The lowest BCUT2D eigenvalue weighted by Crippen LogP contribution is -2.56. The summed E-state index contributed by atoms with van der Waals surface area (Å²) in [6.07, 6.45) is 4.75. The second-order valence-electron chi connectivity index (χ2n) is 8.50. The molecule has 1 saturated heterocycles. The fourth-order valence-electron chi connectivity index (χ4n) is 3.79. The van der Waals surface area contributed by atoms with Gasteiger partial charge in [0.05, 0.1) is 12.6 Å². The van der Waals surface area contributed by atoms with Gasteiger partial charge in [-0.25, -0.2) is 4.79 Å². The molecule has 0 radical (unpaired) electrons. The van der Waals surface area contributed by atoms with Crippen molar-refractivity contribution in [2.24, 2.45) is 11.8 Å². The predicted molar refractivity (Wildman–Crippen MR) is 94.7 cm³/mol. The van der Waals surface area contributed by atoms with Crippen LogP contribution in [0.4, 0.5) is 4.79 Å². The molecule has 0 N–H and O–H groups in total. The van der Waals surface area contributed by atoms with Crippen molar-refractivity contribution in [3.05, 3.63) is 0 Å². The first-order chi connectivity index (χ1) is 11.7. The quantitative estimate of drug-likeness (QED) is 0.767. The molecule has 140 valence electrons. The number of ether oxygens (including phenoxy) is 1. The monoisotopic (exact) mass is 349 g/mol. The van der Waals surface area contributed by atoms with E-state index in [2.05, 4.69) is 13.0 Å². The van der Waals surface area contributed by atoms with Gasteiger partial charge in [-0.2, -0.15) is 5.26 Å². The van der Waals surface area contributed by atoms with E-state index in [0.29, 0.717) is 31.3 Å². The SMILES string of the molecule is C[C@@H]1CCC[C@@H](CC(=O)N2CCN(C(=O)OC(C)(C)C)C[C@H]2C#N)C1. The number of nitriles is 1. The van der Waals surface area contributed by atoms with Crippen LogP contribution in [0.15, 0.2) is 0 Å². The highest BCUT2D eigenvalue weighted by Gasteiger charge is 2.35. The minimum Gasteiger partial charge on any atom is -0.444 e. The Bertz CT molecular complexity index is 535. The van der Waals surface area contributed by atoms with Gasteiger partial charge in [0.15, 0.2) is 0 Å². The third kappa shape index (κ3) is 5.62. The molecular weight excluding hydrogens is 318 g/mol. The molecule has 1 aliphatic carbocycles. The lowest BCUT2D eigenvalue weighted by Gasteiger charge is -2.39. The summed E-state index contributed by atoms with van der Waals surface area (Å²) < 4.78 is 5.37. The Morgan fingerprint density at radius 3 is 2.56 bits per heavy atom. The molecule has 0 aromatic rings. The molecule has 6 nitrogen and oxygen atoms in total. The van der Waals surface area contributed by atoms with Gasteiger partial charge < -0.3 is 14.5 Å². The highest BCUT2D eigenvalue weighted by molar-refractivity contribution is 5.78. The third-order valence-corrected chi connectivity index (χ3v) is 5.01. The van der Waals surface area contributed by atoms with E-state index in [1.807, 2.05) is 20.8 Å². The van der Waals surface area contributed by atoms with Gasteiger partial charge in [0.25, 0.3) is 0 Å². The third-order valence-electron chi connectivity index (χ3n) is 5.01. The van der Waals surface area contributed by atoms with Crippen molar-refractivity contribution in [3.63, 3.8) is 0 Å². The number of carbonyl (C=O) groups is 2. The fraction of sp³-hybridized carbons (Fsp3) is 0.842. The molecule has 0 aromatic heterocycles. The van der Waals surface area contributed by atoms with Crippen molar-refractivity contribution in [1.82, 2.24) is 9.80 Å². The average molecular weight is 349 g/mol. The normalized spacial score (nSPS) is 27.6. The minimum absolute atomic E-state index is 0.0505. The Labute approximate surface area is 151 Å². The summed E-state index contributed by atoms with van der Waals surface area (Å²) >= 11 is 0. The van der Waals surface area contributed by atoms with Crippen molar-refractivity contribution in [3.8, 4) is 6.07 Å². The van der Waals surface area contributed by atoms with Crippen LogP contribution >= 0.6 is 0 Å². The number of hydrogen-bond donors (Lipinski definition) is 0. The second kappa shape index (κ2) is 8.07. The van der Waals surface area contributed by atoms with Crippen molar-refractivity contribution in [2.75, 3.05) is 19.6 Å². The number of amides is 2. The van der Waals surface area contributed by atoms with Crippen molar-refractivity contribution in [2.45, 2.75) is 71.4 Å². The van der Waals surface area contributed by atoms with E-state index < -0.39 is 17.7 Å². The van der Waals surface area contributed by atoms with Gasteiger partial charge in [-0.3, -0.25) is 4.79 Å². The van der Waals surface area contributed by atoms with E-state index in [1.54, 1.807) is 4.90 Å². The molecule has 3 atom stereocenters. The molecule has 2 rings (SSSR count). The lowest BCUT2D eigenvalue weighted by atomic mass is 9.80. The maximum Gasteiger partial charge on any atom is 0.410 e. The molecular formula is C19H31N3O3. The largest absolute Gasteiger partial charge is 0.444 e. The van der Waals surface area contributed by atoms with E-state index in [4.69, 9.17) is 4.74 Å². The average Bonchev–Trinajstić information content (AvgIpc) is 2.52. The Hall–Kier alpha value is -1.77. The van der Waals surface area contributed by atoms with Crippen LogP contribution in [-0.2, 0) is 9.53 Å². The molecule has 0 bridgehead atoms. The molecule has 25 heavy (non-hydrogen) atoms. The van der Waals surface area contributed by atoms with Crippen molar-refractivity contribution in [1.29, 1.82) is 5.26 Å². The van der Waals surface area contributed by atoms with Crippen LogP contribution in [0.5, 0.6) is 0 Å². The predicted octanol–water partition coefficient (Wildman–Crippen LogP) is 3.17. The first-order valence-corrected chi connectivity index (χ1v) is 9.36. The van der Waals surface area contributed by atoms with Gasteiger partial charge >= 0.3 is 6.09 Å². The van der Waals surface area contributed by atoms with Crippen LogP contribution in [0.25, 0.3) is 0 Å². The van der Waals surface area contributed by atoms with Crippen LogP contribution in [0.2, 0.25) is 0 Å². The fourth-order valence-corrected chi connectivity index (χ4v) is 3.79. The topological polar surface area (TPSA) is 73.6 Å². The zero-order valence-electron chi connectivity index (χ0n) is 16.0. The number of piperazine rings is 1. The van der Waals surface area contributed by atoms with Crippen LogP contribution in [0.1, 0.15) is 59.8 Å². The van der Waals surface area contributed by atoms with Crippen LogP contribution in [0.3, 0.4) is 0 Å². The Balaban J connectivity index is 1.92. The first kappa shape index (κ1) is 19.6. The zero-order valence-corrected chi connectivity index (χ0v) is 16.0. The molecule has 1 aliphatic heterocycles. The summed E-state index contributed by atoms with van der Waals surface area (Å²) in [5.41, 5.74) is -0.566. The summed E-state index contributed by atoms with van der Waals surface area (Å²) in [5.74, 6) is 1.16. The summed E-state index contributed by atoms with van der Waals surface area (Å²) in [7, 11) is 0. The molecule has 0 aromatic carbocycles. The van der Waals surface area contributed by atoms with Crippen LogP contribution in [0, 0.1) is 23.2 Å². The number of nitrogens with zero attached hydrogens (tertiary/aromatic N) is 3. The maximum atomic E-state index is 12.7. The molecule has 1 heterocycles. The lowest BCUT2D eigenvalue weighted by molar-refractivity contribution is -0.136. The summed E-state index contributed by atoms with van der Waals surface area (Å²) in [4.78, 5) is 28.1. The van der Waals surface area contributed by atoms with E-state index >= 15 is 0 Å². The van der Waals surface area contributed by atoms with E-state index in [1.165, 1.54) is 17.7 Å². The smallest absolute Gasteiger partial charge is 0.410 e. The number of carbonyl (C=O) groups excluding carboxylic acids is 2. The molecule has 6 heteroatoms. The van der Waals surface area contributed by atoms with Gasteiger partial charge in [-0.05, 0) is 45.4 Å². The summed E-state index contributed by atoms with van der Waals surface area (Å²) in [5, 5.41) is 9.47. The van der Waals surface area contributed by atoms with Gasteiger partial charge in [0.1, 0.15) is 11.6 Å². The minimum atomic E-state index is -0.588. The van der Waals surface area contributed by atoms with Crippen LogP contribution < -0.4 is 0 Å². The highest BCUT2D eigenvalue weighted by Crippen LogP contribution is 2.31. The van der Waals surface area contributed by atoms with Crippen molar-refractivity contribution >= 4 is 12.0 Å². The Morgan fingerprint density at radius 1 is 1.24 bits per heavy atom. The number of hydrogen-bond acceptors (Lipinski definition) is 4. The Kier molecular flexibility index (Phi) is 6.31. The van der Waals surface area contributed by atoms with Gasteiger partial charge in [-0.1, -0.05) is 19.8 Å². The molecule has 2 fully saturated rings. The zero-order chi connectivity index (χ0) is 18.6. The van der Waals surface area contributed by atoms with E-state index in [9.17, 15) is 14.9 Å². The Morgan fingerprint density at radius 2 is 1.96 bits per heavy atom. The second-order valence-corrected chi connectivity index (χ2v) is 8.50.